The van der Waals surface area contributed by atoms with Crippen LogP contribution in [0.25, 0.3) is 0 Å². The summed E-state index contributed by atoms with van der Waals surface area (Å²) in [5.74, 6) is 1.93. The number of nitrogen functional groups attached to an aromatic ring is 1. The quantitative estimate of drug-likeness (QED) is 0.480. The molecule has 1 fully saturated rings. The maximum Gasteiger partial charge on any atom is 0.153 e. The Morgan fingerprint density at radius 3 is 2.67 bits per heavy atom. The molecule has 0 bridgehead atoms. The maximum absolute atomic E-state index is 13.1. The fourth-order valence-electron chi connectivity index (χ4n) is 2.87. The maximum atomic E-state index is 13.1. The smallest absolute Gasteiger partial charge is 0.153 e. The molecule has 8 heteroatoms. The third-order valence-electron chi connectivity index (χ3n) is 4.59. The molecule has 140 valence electrons. The van der Waals surface area contributed by atoms with Gasteiger partial charge in [0.05, 0.1) is 16.8 Å². The summed E-state index contributed by atoms with van der Waals surface area (Å²) in [6, 6.07) is 9.80. The standard InChI is InChI=1S/C19H20ClFN6/c1-10(11-4-6-13(21)7-5-11)23-19-15(22)8-14(20)18(25-19)24-17-9-16(26-27-17)12-2-3-12/h4-10,12H,2-3,22H2,1H3,(H3,23,24,25,26,27)/t10-/m0/s1. The van der Waals surface area contributed by atoms with Crippen LogP contribution in [-0.2, 0) is 0 Å². The molecule has 1 atom stereocenters. The Morgan fingerprint density at radius 1 is 1.22 bits per heavy atom. The summed E-state index contributed by atoms with van der Waals surface area (Å²) in [6.45, 7) is 1.95. The SMILES string of the molecule is C[C@H](Nc1nc(Nc2cc(C3CC3)[nH]n2)c(Cl)cc1N)c1ccc(F)cc1. The van der Waals surface area contributed by atoms with E-state index in [1.807, 2.05) is 13.0 Å². The Morgan fingerprint density at radius 2 is 1.96 bits per heavy atom. The first kappa shape index (κ1) is 17.6. The summed E-state index contributed by atoms with van der Waals surface area (Å²) in [6.07, 6.45) is 2.38. The molecule has 2 heterocycles. The number of hydrogen-bond acceptors (Lipinski definition) is 5. The van der Waals surface area contributed by atoms with Gasteiger partial charge in [0, 0.05) is 17.7 Å². The number of nitrogens with two attached hydrogens (primary N) is 1. The fraction of sp³-hybridized carbons (Fsp3) is 0.263. The molecule has 2 aromatic heterocycles. The van der Waals surface area contributed by atoms with Crippen molar-refractivity contribution in [1.29, 1.82) is 0 Å². The number of H-pyrrole nitrogens is 1. The highest BCUT2D eigenvalue weighted by molar-refractivity contribution is 6.33. The number of benzene rings is 1. The van der Waals surface area contributed by atoms with Crippen LogP contribution in [0.1, 0.15) is 43.0 Å². The minimum atomic E-state index is -0.272. The highest BCUT2D eigenvalue weighted by Gasteiger charge is 2.25. The van der Waals surface area contributed by atoms with E-state index in [2.05, 4.69) is 25.8 Å². The molecule has 4 rings (SSSR count). The molecule has 1 aliphatic rings. The van der Waals surface area contributed by atoms with E-state index in [0.717, 1.165) is 11.3 Å². The molecule has 0 saturated heterocycles. The number of halogens is 2. The third kappa shape index (κ3) is 3.98. The van der Waals surface area contributed by atoms with Crippen molar-refractivity contribution in [3.8, 4) is 0 Å². The van der Waals surface area contributed by atoms with Crippen LogP contribution < -0.4 is 16.4 Å². The molecule has 5 N–H and O–H groups in total. The van der Waals surface area contributed by atoms with E-state index >= 15 is 0 Å². The first-order valence-electron chi connectivity index (χ1n) is 8.80. The molecule has 1 saturated carbocycles. The van der Waals surface area contributed by atoms with Crippen LogP contribution in [0.3, 0.4) is 0 Å². The van der Waals surface area contributed by atoms with Gasteiger partial charge in [0.15, 0.2) is 17.5 Å². The predicted molar refractivity (Wildman–Crippen MR) is 106 cm³/mol. The van der Waals surface area contributed by atoms with Crippen molar-refractivity contribution in [2.24, 2.45) is 0 Å². The van der Waals surface area contributed by atoms with Crippen LogP contribution in [0.5, 0.6) is 0 Å². The molecule has 0 spiro atoms. The largest absolute Gasteiger partial charge is 0.396 e. The molecular weight excluding hydrogens is 367 g/mol. The molecule has 1 aliphatic carbocycles. The lowest BCUT2D eigenvalue weighted by molar-refractivity contribution is 0.626. The Hall–Kier alpha value is -2.80. The number of aromatic amines is 1. The van der Waals surface area contributed by atoms with Gasteiger partial charge in [0.25, 0.3) is 0 Å². The minimum absolute atomic E-state index is 0.110. The van der Waals surface area contributed by atoms with E-state index in [1.165, 1.54) is 25.0 Å². The zero-order chi connectivity index (χ0) is 19.0. The number of pyridine rings is 1. The number of rotatable bonds is 6. The summed E-state index contributed by atoms with van der Waals surface area (Å²) >= 11 is 6.29. The summed E-state index contributed by atoms with van der Waals surface area (Å²) in [4.78, 5) is 4.51. The zero-order valence-corrected chi connectivity index (χ0v) is 15.5. The normalized spacial score (nSPS) is 14.8. The van der Waals surface area contributed by atoms with Gasteiger partial charge in [-0.3, -0.25) is 5.10 Å². The van der Waals surface area contributed by atoms with Gasteiger partial charge in [-0.1, -0.05) is 23.7 Å². The van der Waals surface area contributed by atoms with E-state index in [4.69, 9.17) is 17.3 Å². The third-order valence-corrected chi connectivity index (χ3v) is 4.88. The lowest BCUT2D eigenvalue weighted by Crippen LogP contribution is -2.11. The van der Waals surface area contributed by atoms with Crippen molar-refractivity contribution in [2.75, 3.05) is 16.4 Å². The monoisotopic (exact) mass is 386 g/mol. The molecule has 0 radical (unpaired) electrons. The van der Waals surface area contributed by atoms with Gasteiger partial charge in [-0.2, -0.15) is 5.10 Å². The Labute approximate surface area is 161 Å². The molecule has 3 aromatic rings. The second kappa shape index (κ2) is 7.08. The Kier molecular flexibility index (Phi) is 4.61. The van der Waals surface area contributed by atoms with E-state index in [-0.39, 0.29) is 11.9 Å². The first-order chi connectivity index (χ1) is 13.0. The van der Waals surface area contributed by atoms with E-state index in [0.29, 0.717) is 34.1 Å². The molecule has 0 aliphatic heterocycles. The van der Waals surface area contributed by atoms with Gasteiger partial charge in [-0.15, -0.1) is 0 Å². The van der Waals surface area contributed by atoms with Gasteiger partial charge < -0.3 is 16.4 Å². The zero-order valence-electron chi connectivity index (χ0n) is 14.8. The Bertz CT molecular complexity index is 951. The highest BCUT2D eigenvalue weighted by Crippen LogP contribution is 2.40. The average molecular weight is 387 g/mol. The highest BCUT2D eigenvalue weighted by atomic mass is 35.5. The number of nitrogens with one attached hydrogen (secondary N) is 3. The summed E-state index contributed by atoms with van der Waals surface area (Å²) in [5, 5.41) is 14.1. The van der Waals surface area contributed by atoms with E-state index < -0.39 is 0 Å². The van der Waals surface area contributed by atoms with Gasteiger partial charge in [0.2, 0.25) is 0 Å². The fourth-order valence-corrected chi connectivity index (χ4v) is 3.08. The van der Waals surface area contributed by atoms with E-state index in [1.54, 1.807) is 18.2 Å². The molecular formula is C19H20ClFN6. The molecule has 27 heavy (non-hydrogen) atoms. The van der Waals surface area contributed by atoms with Gasteiger partial charge >= 0.3 is 0 Å². The van der Waals surface area contributed by atoms with Crippen LogP contribution in [0.2, 0.25) is 5.02 Å². The van der Waals surface area contributed by atoms with E-state index in [9.17, 15) is 4.39 Å². The minimum Gasteiger partial charge on any atom is -0.396 e. The van der Waals surface area contributed by atoms with Crippen LogP contribution in [0.4, 0.5) is 27.5 Å². The number of aromatic nitrogens is 3. The second-order valence-corrected chi connectivity index (χ2v) is 7.19. The van der Waals surface area contributed by atoms with Crippen molar-refractivity contribution in [1.82, 2.24) is 15.2 Å². The lowest BCUT2D eigenvalue weighted by Gasteiger charge is -2.18. The molecule has 0 amide bonds. The first-order valence-corrected chi connectivity index (χ1v) is 9.17. The topological polar surface area (TPSA) is 91.6 Å². The van der Waals surface area contributed by atoms with Gasteiger partial charge in [0.1, 0.15) is 5.82 Å². The van der Waals surface area contributed by atoms with Gasteiger partial charge in [-0.25, -0.2) is 9.37 Å². The van der Waals surface area contributed by atoms with Gasteiger partial charge in [-0.05, 0) is 43.5 Å². The molecule has 1 aromatic carbocycles. The molecule has 0 unspecified atom stereocenters. The number of nitrogens with zero attached hydrogens (tertiary/aromatic N) is 2. The lowest BCUT2D eigenvalue weighted by atomic mass is 10.1. The summed E-state index contributed by atoms with van der Waals surface area (Å²) < 4.78 is 13.1. The summed E-state index contributed by atoms with van der Waals surface area (Å²) in [5.41, 5.74) is 8.54. The predicted octanol–water partition coefficient (Wildman–Crippen LogP) is 4.97. The van der Waals surface area contributed by atoms with Crippen LogP contribution in [-0.4, -0.2) is 15.2 Å². The second-order valence-electron chi connectivity index (χ2n) is 6.78. The Balaban J connectivity index is 1.53. The average Bonchev–Trinajstić information content (AvgIpc) is 3.39. The van der Waals surface area contributed by atoms with Crippen molar-refractivity contribution >= 4 is 34.7 Å². The number of anilines is 4. The van der Waals surface area contributed by atoms with Crippen molar-refractivity contribution in [2.45, 2.75) is 31.7 Å². The molecule has 6 nitrogen and oxygen atoms in total. The van der Waals surface area contributed by atoms with Crippen molar-refractivity contribution < 1.29 is 4.39 Å². The summed E-state index contributed by atoms with van der Waals surface area (Å²) in [7, 11) is 0. The van der Waals surface area contributed by atoms with Crippen molar-refractivity contribution in [3.63, 3.8) is 0 Å². The van der Waals surface area contributed by atoms with Crippen LogP contribution in [0.15, 0.2) is 36.4 Å². The van der Waals surface area contributed by atoms with Crippen molar-refractivity contribution in [3.05, 3.63) is 58.5 Å². The van der Waals surface area contributed by atoms with Crippen LogP contribution in [0, 0.1) is 5.82 Å². The number of hydrogen-bond donors (Lipinski definition) is 4. The van der Waals surface area contributed by atoms with Crippen LogP contribution >= 0.6 is 11.6 Å².